The zero-order valence-corrected chi connectivity index (χ0v) is 10.3. The molecule has 1 aromatic rings. The second-order valence-electron chi connectivity index (χ2n) is 5.67. The summed E-state index contributed by atoms with van der Waals surface area (Å²) in [6, 6.07) is 7.77. The summed E-state index contributed by atoms with van der Waals surface area (Å²) in [7, 11) is 0. The molecule has 2 atom stereocenters. The van der Waals surface area contributed by atoms with Gasteiger partial charge in [0.15, 0.2) is 0 Å². The van der Waals surface area contributed by atoms with E-state index in [1.165, 1.54) is 45.3 Å². The van der Waals surface area contributed by atoms with Crippen molar-refractivity contribution in [1.82, 2.24) is 5.32 Å². The van der Waals surface area contributed by atoms with E-state index in [-0.39, 0.29) is 0 Å². The first-order valence-corrected chi connectivity index (χ1v) is 7.04. The van der Waals surface area contributed by atoms with Crippen LogP contribution in [0.4, 0.5) is 5.69 Å². The number of nitrogens with one attached hydrogen (secondary N) is 1. The van der Waals surface area contributed by atoms with Crippen LogP contribution in [0.2, 0.25) is 0 Å². The maximum Gasteiger partial charge on any atom is 0.0438 e. The van der Waals surface area contributed by atoms with Gasteiger partial charge in [0.2, 0.25) is 0 Å². The molecule has 1 fully saturated rings. The number of para-hydroxylation sites is 1. The Morgan fingerprint density at radius 2 is 2.24 bits per heavy atom. The lowest BCUT2D eigenvalue weighted by molar-refractivity contribution is 0.401. The number of fused-ring (bicyclic) bond motifs is 3. The molecule has 3 aliphatic rings. The predicted octanol–water partition coefficient (Wildman–Crippen LogP) is 2.29. The molecule has 0 bridgehead atoms. The van der Waals surface area contributed by atoms with E-state index in [4.69, 9.17) is 0 Å². The molecule has 3 aliphatic heterocycles. The fraction of sp³-hybridized carbons (Fsp3) is 0.600. The summed E-state index contributed by atoms with van der Waals surface area (Å²) >= 11 is 0. The normalized spacial score (nSPS) is 30.7. The summed E-state index contributed by atoms with van der Waals surface area (Å²) in [4.78, 5) is 2.74. The van der Waals surface area contributed by atoms with Crippen LogP contribution >= 0.6 is 0 Å². The quantitative estimate of drug-likeness (QED) is 0.733. The first kappa shape index (κ1) is 9.95. The van der Waals surface area contributed by atoms with E-state index in [2.05, 4.69) is 28.4 Å². The molecule has 0 radical (unpaired) electrons. The lowest BCUT2D eigenvalue weighted by Crippen LogP contribution is -2.44. The zero-order valence-electron chi connectivity index (χ0n) is 10.3. The van der Waals surface area contributed by atoms with Gasteiger partial charge in [-0.1, -0.05) is 18.2 Å². The van der Waals surface area contributed by atoms with Gasteiger partial charge in [-0.2, -0.15) is 0 Å². The zero-order chi connectivity index (χ0) is 11.2. The molecule has 90 valence electrons. The van der Waals surface area contributed by atoms with Gasteiger partial charge in [0.05, 0.1) is 0 Å². The molecule has 3 heterocycles. The molecular weight excluding hydrogens is 208 g/mol. The summed E-state index contributed by atoms with van der Waals surface area (Å²) in [5, 5.41) is 3.57. The van der Waals surface area contributed by atoms with Gasteiger partial charge in [-0.3, -0.25) is 0 Å². The number of rotatable bonds is 0. The molecule has 1 saturated heterocycles. The van der Waals surface area contributed by atoms with Gasteiger partial charge in [0, 0.05) is 30.7 Å². The van der Waals surface area contributed by atoms with Crippen LogP contribution in [0.25, 0.3) is 0 Å². The van der Waals surface area contributed by atoms with Gasteiger partial charge in [-0.25, -0.2) is 0 Å². The molecule has 1 N–H and O–H groups in total. The highest BCUT2D eigenvalue weighted by molar-refractivity contribution is 5.67. The van der Waals surface area contributed by atoms with E-state index in [0.717, 1.165) is 12.0 Å². The molecule has 1 aromatic carbocycles. The Morgan fingerprint density at radius 3 is 3.24 bits per heavy atom. The van der Waals surface area contributed by atoms with Crippen molar-refractivity contribution in [2.75, 3.05) is 24.5 Å². The second-order valence-corrected chi connectivity index (χ2v) is 5.67. The molecule has 0 aromatic heterocycles. The number of anilines is 1. The van der Waals surface area contributed by atoms with Crippen LogP contribution in [0, 0.1) is 0 Å². The Kier molecular flexibility index (Phi) is 2.19. The third kappa shape index (κ3) is 1.37. The summed E-state index contributed by atoms with van der Waals surface area (Å²) in [6.07, 6.45) is 5.33. The van der Waals surface area contributed by atoms with Crippen LogP contribution in [0.15, 0.2) is 18.2 Å². The number of benzene rings is 1. The Bertz CT molecular complexity index is 441. The number of hydrogen-bond donors (Lipinski definition) is 1. The minimum Gasteiger partial charge on any atom is -0.367 e. The molecule has 17 heavy (non-hydrogen) atoms. The third-order valence-electron chi connectivity index (χ3n) is 4.78. The van der Waals surface area contributed by atoms with Gasteiger partial charge < -0.3 is 10.2 Å². The Hall–Kier alpha value is -1.02. The largest absolute Gasteiger partial charge is 0.367 e. The Balaban J connectivity index is 1.87. The molecule has 4 rings (SSSR count). The first-order chi connectivity index (χ1) is 8.45. The average molecular weight is 228 g/mol. The van der Waals surface area contributed by atoms with Gasteiger partial charge in [-0.15, -0.1) is 0 Å². The maximum atomic E-state index is 3.57. The molecule has 2 nitrogen and oxygen atoms in total. The predicted molar refractivity (Wildman–Crippen MR) is 70.7 cm³/mol. The van der Waals surface area contributed by atoms with E-state index in [1.54, 1.807) is 16.8 Å². The van der Waals surface area contributed by atoms with Crippen molar-refractivity contribution in [1.29, 1.82) is 0 Å². The highest BCUT2D eigenvalue weighted by Gasteiger charge is 2.40. The van der Waals surface area contributed by atoms with Crippen LogP contribution in [-0.4, -0.2) is 25.7 Å². The molecular formula is C15H20N2. The summed E-state index contributed by atoms with van der Waals surface area (Å²) in [5.74, 6) is 0.747. The molecule has 0 amide bonds. The topological polar surface area (TPSA) is 15.3 Å². The monoisotopic (exact) mass is 228 g/mol. The highest BCUT2D eigenvalue weighted by atomic mass is 15.2. The van der Waals surface area contributed by atoms with Crippen LogP contribution < -0.4 is 10.2 Å². The Morgan fingerprint density at radius 1 is 1.24 bits per heavy atom. The van der Waals surface area contributed by atoms with Crippen molar-refractivity contribution in [2.24, 2.45) is 0 Å². The average Bonchev–Trinajstić information content (AvgIpc) is 2.56. The SMILES string of the molecule is c1cc2c3c(c1)[C@@H]1CNCC[C@@H]1N3CCCC2. The summed E-state index contributed by atoms with van der Waals surface area (Å²) in [6.45, 7) is 3.66. The van der Waals surface area contributed by atoms with E-state index in [1.807, 2.05) is 0 Å². The van der Waals surface area contributed by atoms with Gasteiger partial charge in [0.25, 0.3) is 0 Å². The maximum absolute atomic E-state index is 3.57. The lowest BCUT2D eigenvalue weighted by Gasteiger charge is -2.33. The molecule has 0 unspecified atom stereocenters. The molecule has 0 aliphatic carbocycles. The fourth-order valence-corrected chi connectivity index (χ4v) is 4.04. The standard InChI is InChI=1S/C15H20N2/c1-2-9-17-14-7-8-16-10-13(14)12-6-3-5-11(4-1)15(12)17/h3,5-6,13-14,16H,1-2,4,7-10H2/t13-,14-/m0/s1. The van der Waals surface area contributed by atoms with Gasteiger partial charge in [-0.05, 0) is 43.4 Å². The fourth-order valence-electron chi connectivity index (χ4n) is 4.04. The highest BCUT2D eigenvalue weighted by Crippen LogP contribution is 2.46. The van der Waals surface area contributed by atoms with Crippen molar-refractivity contribution in [3.05, 3.63) is 29.3 Å². The molecule has 0 saturated carbocycles. The van der Waals surface area contributed by atoms with Crippen molar-refractivity contribution < 1.29 is 0 Å². The Labute approximate surface area is 103 Å². The van der Waals surface area contributed by atoms with E-state index in [9.17, 15) is 0 Å². The number of aryl methyl sites for hydroxylation is 1. The van der Waals surface area contributed by atoms with Gasteiger partial charge >= 0.3 is 0 Å². The smallest absolute Gasteiger partial charge is 0.0438 e. The van der Waals surface area contributed by atoms with Crippen molar-refractivity contribution >= 4 is 5.69 Å². The van der Waals surface area contributed by atoms with Crippen LogP contribution in [-0.2, 0) is 6.42 Å². The van der Waals surface area contributed by atoms with Gasteiger partial charge in [0.1, 0.15) is 0 Å². The van der Waals surface area contributed by atoms with Crippen LogP contribution in [0.5, 0.6) is 0 Å². The second kappa shape index (κ2) is 3.74. The minimum atomic E-state index is 0.747. The minimum absolute atomic E-state index is 0.747. The first-order valence-electron chi connectivity index (χ1n) is 7.04. The lowest BCUT2D eigenvalue weighted by atomic mass is 9.89. The van der Waals surface area contributed by atoms with Crippen molar-refractivity contribution in [2.45, 2.75) is 37.6 Å². The molecule has 0 spiro atoms. The number of nitrogens with zero attached hydrogens (tertiary/aromatic N) is 1. The van der Waals surface area contributed by atoms with E-state index in [0.29, 0.717) is 0 Å². The van der Waals surface area contributed by atoms with E-state index < -0.39 is 0 Å². The molecule has 2 heteroatoms. The van der Waals surface area contributed by atoms with Crippen molar-refractivity contribution in [3.8, 4) is 0 Å². The van der Waals surface area contributed by atoms with E-state index >= 15 is 0 Å². The van der Waals surface area contributed by atoms with Crippen LogP contribution in [0.3, 0.4) is 0 Å². The van der Waals surface area contributed by atoms with Crippen molar-refractivity contribution in [3.63, 3.8) is 0 Å². The number of hydrogen-bond acceptors (Lipinski definition) is 2. The summed E-state index contributed by atoms with van der Waals surface area (Å²) in [5.41, 5.74) is 4.85. The van der Waals surface area contributed by atoms with Crippen LogP contribution in [0.1, 0.15) is 36.3 Å². The number of piperidine rings is 1. The summed E-state index contributed by atoms with van der Waals surface area (Å²) < 4.78 is 0. The third-order valence-corrected chi connectivity index (χ3v) is 4.78.